The smallest absolute Gasteiger partial charge is 0.317 e. The van der Waals surface area contributed by atoms with Gasteiger partial charge < -0.3 is 10.4 Å². The van der Waals surface area contributed by atoms with Crippen LogP contribution in [0.4, 0.5) is 0 Å². The van der Waals surface area contributed by atoms with Crippen molar-refractivity contribution in [1.29, 1.82) is 0 Å². The molecule has 1 aromatic heterocycles. The molecule has 1 aromatic rings. The van der Waals surface area contributed by atoms with Gasteiger partial charge in [-0.1, -0.05) is 6.07 Å². The summed E-state index contributed by atoms with van der Waals surface area (Å²) in [5.74, 6) is -0.720. The Morgan fingerprint density at radius 1 is 1.44 bits per heavy atom. The van der Waals surface area contributed by atoms with Crippen LogP contribution >= 0.6 is 23.7 Å². The maximum atomic E-state index is 12.3. The normalized spacial score (nSPS) is 17.1. The number of carbonyl (C=O) groups is 2. The third-order valence-corrected chi connectivity index (χ3v) is 5.62. The number of rotatable bonds is 8. The molecule has 1 aliphatic heterocycles. The topological polar surface area (TPSA) is 72.9 Å². The molecule has 2 N–H and O–H groups in total. The fraction of sp³-hybridized carbons (Fsp3) is 0.647. The molecule has 0 spiro atoms. The summed E-state index contributed by atoms with van der Waals surface area (Å²) in [5.41, 5.74) is 0. The second kappa shape index (κ2) is 10.8. The van der Waals surface area contributed by atoms with Crippen molar-refractivity contribution in [3.63, 3.8) is 0 Å². The summed E-state index contributed by atoms with van der Waals surface area (Å²) in [6.45, 7) is 4.34. The van der Waals surface area contributed by atoms with E-state index in [-0.39, 0.29) is 36.9 Å². The van der Waals surface area contributed by atoms with E-state index >= 15 is 0 Å². The largest absolute Gasteiger partial charge is 0.480 e. The van der Waals surface area contributed by atoms with Gasteiger partial charge in [-0.2, -0.15) is 0 Å². The molecule has 142 valence electrons. The van der Waals surface area contributed by atoms with Crippen LogP contribution in [0.25, 0.3) is 0 Å². The fourth-order valence-electron chi connectivity index (χ4n) is 3.13. The van der Waals surface area contributed by atoms with E-state index in [9.17, 15) is 9.59 Å². The number of aliphatic carboxylic acids is 1. The van der Waals surface area contributed by atoms with E-state index in [2.05, 4.69) is 16.3 Å². The van der Waals surface area contributed by atoms with Gasteiger partial charge >= 0.3 is 5.97 Å². The zero-order chi connectivity index (χ0) is 17.5. The summed E-state index contributed by atoms with van der Waals surface area (Å²) < 4.78 is 0. The highest BCUT2D eigenvalue weighted by molar-refractivity contribution is 7.09. The van der Waals surface area contributed by atoms with Gasteiger partial charge in [-0.05, 0) is 44.7 Å². The van der Waals surface area contributed by atoms with Crippen LogP contribution < -0.4 is 5.32 Å². The van der Waals surface area contributed by atoms with Gasteiger partial charge in [0.25, 0.3) is 0 Å². The molecule has 1 atom stereocenters. The Hall–Kier alpha value is -1.15. The van der Waals surface area contributed by atoms with Crippen LogP contribution in [0.5, 0.6) is 0 Å². The average molecular weight is 390 g/mol. The summed E-state index contributed by atoms with van der Waals surface area (Å²) in [6, 6.07) is 4.25. The first kappa shape index (κ1) is 21.9. The number of likely N-dealkylation sites (N-methyl/N-ethyl adjacent to an activating group) is 1. The number of nitrogens with zero attached hydrogens (tertiary/aromatic N) is 2. The molecule has 1 amide bonds. The molecular formula is C17H28ClN3O3S. The zero-order valence-corrected chi connectivity index (χ0v) is 16.4. The van der Waals surface area contributed by atoms with Gasteiger partial charge in [0.2, 0.25) is 5.91 Å². The van der Waals surface area contributed by atoms with E-state index in [1.54, 1.807) is 11.3 Å². The van der Waals surface area contributed by atoms with Crippen molar-refractivity contribution < 1.29 is 14.7 Å². The van der Waals surface area contributed by atoms with Crippen molar-refractivity contribution in [1.82, 2.24) is 15.1 Å². The van der Waals surface area contributed by atoms with Crippen molar-refractivity contribution in [2.24, 2.45) is 0 Å². The highest BCUT2D eigenvalue weighted by atomic mass is 35.5. The van der Waals surface area contributed by atoms with E-state index < -0.39 is 5.97 Å². The Kier molecular flexibility index (Phi) is 9.42. The van der Waals surface area contributed by atoms with Crippen LogP contribution in [0.3, 0.4) is 0 Å². The standard InChI is InChI=1S/C17H27N3O3S.ClH/c1-13(17(23)18-8-5-15-4-3-11-24-15)20-9-6-14(7-10-20)19(2)12-16(21)22;/h3-4,11,13-14H,5-10,12H2,1-2H3,(H,18,23)(H,21,22);1H. The van der Waals surface area contributed by atoms with Crippen LogP contribution in [0.15, 0.2) is 17.5 Å². The molecular weight excluding hydrogens is 362 g/mol. The minimum atomic E-state index is -0.793. The number of likely N-dealkylation sites (tertiary alicyclic amines) is 1. The number of amides is 1. The average Bonchev–Trinajstić information content (AvgIpc) is 3.07. The molecule has 1 unspecified atom stereocenters. The van der Waals surface area contributed by atoms with Gasteiger partial charge in [0, 0.05) is 30.6 Å². The van der Waals surface area contributed by atoms with Crippen LogP contribution in [-0.4, -0.2) is 72.1 Å². The number of halogens is 1. The Balaban J connectivity index is 0.00000312. The van der Waals surface area contributed by atoms with Crippen LogP contribution in [0.2, 0.25) is 0 Å². The molecule has 0 bridgehead atoms. The lowest BCUT2D eigenvalue weighted by atomic mass is 10.0. The van der Waals surface area contributed by atoms with Crippen molar-refractivity contribution in [2.45, 2.75) is 38.3 Å². The number of hydrogen-bond donors (Lipinski definition) is 2. The lowest BCUT2D eigenvalue weighted by Gasteiger charge is -2.38. The quantitative estimate of drug-likeness (QED) is 0.708. The number of carboxylic acid groups (broad SMARTS) is 1. The Morgan fingerprint density at radius 2 is 2.12 bits per heavy atom. The number of piperidine rings is 1. The van der Waals surface area contributed by atoms with E-state index in [0.717, 1.165) is 32.4 Å². The number of hydrogen-bond acceptors (Lipinski definition) is 5. The Morgan fingerprint density at radius 3 is 2.68 bits per heavy atom. The second-order valence-corrected chi connectivity index (χ2v) is 7.40. The lowest BCUT2D eigenvalue weighted by molar-refractivity contribution is -0.138. The number of carboxylic acids is 1. The summed E-state index contributed by atoms with van der Waals surface area (Å²) >= 11 is 1.71. The van der Waals surface area contributed by atoms with Crippen LogP contribution in [0, 0.1) is 0 Å². The highest BCUT2D eigenvalue weighted by Crippen LogP contribution is 2.17. The van der Waals surface area contributed by atoms with Gasteiger partial charge in [-0.15, -0.1) is 23.7 Å². The maximum absolute atomic E-state index is 12.3. The molecule has 2 rings (SSSR count). The molecule has 8 heteroatoms. The van der Waals surface area contributed by atoms with Crippen LogP contribution in [-0.2, 0) is 16.0 Å². The first-order valence-electron chi connectivity index (χ1n) is 8.43. The van der Waals surface area contributed by atoms with Gasteiger partial charge in [-0.25, -0.2) is 0 Å². The summed E-state index contributed by atoms with van der Waals surface area (Å²) in [5, 5.41) is 13.9. The van der Waals surface area contributed by atoms with Gasteiger partial charge in [0.1, 0.15) is 0 Å². The number of nitrogens with one attached hydrogen (secondary N) is 1. The summed E-state index contributed by atoms with van der Waals surface area (Å²) in [7, 11) is 1.86. The number of carbonyl (C=O) groups excluding carboxylic acids is 1. The third-order valence-electron chi connectivity index (χ3n) is 4.68. The molecule has 0 aromatic carbocycles. The molecule has 1 fully saturated rings. The monoisotopic (exact) mass is 389 g/mol. The predicted molar refractivity (Wildman–Crippen MR) is 103 cm³/mol. The molecule has 0 aliphatic carbocycles. The zero-order valence-electron chi connectivity index (χ0n) is 14.8. The predicted octanol–water partition coefficient (Wildman–Crippen LogP) is 1.70. The minimum Gasteiger partial charge on any atom is -0.480 e. The fourth-order valence-corrected chi connectivity index (χ4v) is 3.84. The van der Waals surface area contributed by atoms with Gasteiger partial charge in [0.05, 0.1) is 12.6 Å². The molecule has 0 radical (unpaired) electrons. The van der Waals surface area contributed by atoms with Gasteiger partial charge in [-0.3, -0.25) is 19.4 Å². The maximum Gasteiger partial charge on any atom is 0.317 e. The van der Waals surface area contributed by atoms with Gasteiger partial charge in [0.15, 0.2) is 0 Å². The van der Waals surface area contributed by atoms with Crippen molar-refractivity contribution in [3.05, 3.63) is 22.4 Å². The van der Waals surface area contributed by atoms with E-state index in [1.807, 2.05) is 30.3 Å². The molecule has 2 heterocycles. The number of thiophene rings is 1. The molecule has 0 saturated carbocycles. The Labute approximate surface area is 159 Å². The minimum absolute atomic E-state index is 0. The van der Waals surface area contributed by atoms with E-state index in [0.29, 0.717) is 6.54 Å². The SMILES string of the molecule is CC(C(=O)NCCc1cccs1)N1CCC(N(C)CC(=O)O)CC1.Cl. The van der Waals surface area contributed by atoms with E-state index in [4.69, 9.17) is 5.11 Å². The van der Waals surface area contributed by atoms with Crippen molar-refractivity contribution in [2.75, 3.05) is 33.2 Å². The van der Waals surface area contributed by atoms with Crippen LogP contribution in [0.1, 0.15) is 24.6 Å². The first-order chi connectivity index (χ1) is 11.5. The summed E-state index contributed by atoms with van der Waals surface area (Å²) in [6.07, 6.45) is 2.67. The molecule has 25 heavy (non-hydrogen) atoms. The first-order valence-corrected chi connectivity index (χ1v) is 9.31. The van der Waals surface area contributed by atoms with E-state index in [1.165, 1.54) is 4.88 Å². The molecule has 1 aliphatic rings. The van der Waals surface area contributed by atoms with Crippen molar-refractivity contribution in [3.8, 4) is 0 Å². The second-order valence-electron chi connectivity index (χ2n) is 6.37. The summed E-state index contributed by atoms with van der Waals surface area (Å²) in [4.78, 5) is 28.5. The van der Waals surface area contributed by atoms with Crippen molar-refractivity contribution >= 4 is 35.6 Å². The molecule has 6 nitrogen and oxygen atoms in total. The third kappa shape index (κ3) is 6.93. The highest BCUT2D eigenvalue weighted by Gasteiger charge is 2.28. The molecule has 1 saturated heterocycles. The Bertz CT molecular complexity index is 533. The lowest BCUT2D eigenvalue weighted by Crippen LogP contribution is -2.51.